The second kappa shape index (κ2) is 5.83. The minimum atomic E-state index is -1.15. The molecule has 0 aromatic heterocycles. The number of carbonyl (C=O) groups excluding carboxylic acids is 2. The Hall–Kier alpha value is -2.89. The number of rotatable bonds is 5. The Kier molecular flexibility index (Phi) is 3.95. The summed E-state index contributed by atoms with van der Waals surface area (Å²) < 4.78 is 5.06. The zero-order chi connectivity index (χ0) is 14.5. The summed E-state index contributed by atoms with van der Waals surface area (Å²) in [4.78, 5) is 33.5. The summed E-state index contributed by atoms with van der Waals surface area (Å²) in [6.45, 7) is -0.163. The molecule has 102 valence electrons. The van der Waals surface area contributed by atoms with Crippen molar-refractivity contribution in [3.8, 4) is 0 Å². The van der Waals surface area contributed by atoms with Crippen molar-refractivity contribution in [3.63, 3.8) is 0 Å². The highest BCUT2D eigenvalue weighted by Crippen LogP contribution is 2.06. The monoisotopic (exact) mass is 273 g/mol. The van der Waals surface area contributed by atoms with Crippen LogP contribution >= 0.6 is 0 Å². The molecule has 0 heterocycles. The van der Waals surface area contributed by atoms with Crippen molar-refractivity contribution in [2.75, 3.05) is 6.54 Å². The quantitative estimate of drug-likeness (QED) is 0.594. The summed E-state index contributed by atoms with van der Waals surface area (Å²) in [5.74, 6) is -0.764. The van der Waals surface area contributed by atoms with Crippen molar-refractivity contribution >= 4 is 30.3 Å². The van der Waals surface area contributed by atoms with Crippen LogP contribution in [0.5, 0.6) is 0 Å². The smallest absolute Gasteiger partial charge is 0.422 e. The molecule has 0 saturated heterocycles. The molecule has 0 aliphatic heterocycles. The molecule has 0 saturated carbocycles. The first-order valence-electron chi connectivity index (χ1n) is 5.76. The molecule has 2 amide bonds. The topological polar surface area (TPSA) is 83.9 Å². The van der Waals surface area contributed by atoms with Crippen molar-refractivity contribution in [1.29, 1.82) is 0 Å². The van der Waals surface area contributed by atoms with Crippen LogP contribution in [0, 0.1) is 0 Å². The summed E-state index contributed by atoms with van der Waals surface area (Å²) in [5.41, 5.74) is 0. The maximum absolute atomic E-state index is 11.7. The molecule has 1 aromatic rings. The van der Waals surface area contributed by atoms with Gasteiger partial charge in [-0.25, -0.2) is 14.5 Å². The zero-order valence-electron chi connectivity index (χ0n) is 10.4. The lowest BCUT2D eigenvalue weighted by molar-refractivity contribution is -0.131. The van der Waals surface area contributed by atoms with Crippen LogP contribution in [0.15, 0.2) is 36.4 Å². The molecule has 6 heteroatoms. The standard InChI is InChI=1S/C14H11NO5/c16-9-15(7-3-6-13(17)18)14(19)20-12-8-10-4-1-2-5-11(10)12/h1-6,8-9H,7H2,(H,17,18). The van der Waals surface area contributed by atoms with Crippen LogP contribution < -0.4 is 10.4 Å². The molecule has 2 rings (SSSR count). The molecular formula is C14H11NO5. The molecule has 0 unspecified atom stereocenters. The van der Waals surface area contributed by atoms with Gasteiger partial charge in [-0.2, -0.15) is 0 Å². The van der Waals surface area contributed by atoms with E-state index in [4.69, 9.17) is 9.84 Å². The van der Waals surface area contributed by atoms with Crippen LogP contribution in [0.4, 0.5) is 4.79 Å². The largest absolute Gasteiger partial charge is 0.478 e. The van der Waals surface area contributed by atoms with Crippen LogP contribution in [0.1, 0.15) is 0 Å². The normalized spacial score (nSPS) is 12.1. The fourth-order valence-corrected chi connectivity index (χ4v) is 1.65. The predicted octanol–water partition coefficient (Wildman–Crippen LogP) is -0.175. The fraction of sp³-hybridized carbons (Fsp3) is 0.0714. The third-order valence-corrected chi connectivity index (χ3v) is 2.63. The van der Waals surface area contributed by atoms with Gasteiger partial charge in [0.25, 0.3) is 0 Å². The predicted molar refractivity (Wildman–Crippen MR) is 69.6 cm³/mol. The number of aliphatic carboxylic acids is 1. The molecule has 1 aromatic carbocycles. The first kappa shape index (κ1) is 13.5. The van der Waals surface area contributed by atoms with E-state index >= 15 is 0 Å². The minimum Gasteiger partial charge on any atom is -0.478 e. The Labute approximate surface area is 113 Å². The average Bonchev–Trinajstić information content (AvgIpc) is 2.40. The average molecular weight is 273 g/mol. The van der Waals surface area contributed by atoms with E-state index in [1.165, 1.54) is 6.08 Å². The molecule has 1 N–H and O–H groups in total. The number of benzene rings is 1. The molecule has 0 spiro atoms. The van der Waals surface area contributed by atoms with Gasteiger partial charge in [0.1, 0.15) is 5.76 Å². The number of fused-ring (bicyclic) bond motifs is 1. The number of ether oxygens (including phenoxy) is 1. The van der Waals surface area contributed by atoms with Gasteiger partial charge in [0.2, 0.25) is 6.41 Å². The molecule has 0 radical (unpaired) electrons. The van der Waals surface area contributed by atoms with E-state index in [1.54, 1.807) is 12.1 Å². The van der Waals surface area contributed by atoms with Crippen molar-refractivity contribution < 1.29 is 24.2 Å². The van der Waals surface area contributed by atoms with Crippen LogP contribution in [0.2, 0.25) is 0 Å². The zero-order valence-corrected chi connectivity index (χ0v) is 10.4. The summed E-state index contributed by atoms with van der Waals surface area (Å²) in [6.07, 6.45) is 3.15. The Morgan fingerprint density at radius 1 is 1.30 bits per heavy atom. The summed E-state index contributed by atoms with van der Waals surface area (Å²) >= 11 is 0. The molecule has 1 aliphatic rings. The number of imide groups is 1. The van der Waals surface area contributed by atoms with Crippen LogP contribution in [0.25, 0.3) is 11.8 Å². The Balaban J connectivity index is 2.02. The molecule has 6 nitrogen and oxygen atoms in total. The van der Waals surface area contributed by atoms with Gasteiger partial charge in [0.05, 0.1) is 6.54 Å². The SMILES string of the molecule is O=CN(CC=CC(=O)O)C(=O)OC1=c2ccccc2=C1. The lowest BCUT2D eigenvalue weighted by Gasteiger charge is -2.16. The second-order valence-corrected chi connectivity index (χ2v) is 3.96. The molecule has 1 aliphatic carbocycles. The highest BCUT2D eigenvalue weighted by atomic mass is 16.6. The molecular weight excluding hydrogens is 262 g/mol. The van der Waals surface area contributed by atoms with Gasteiger partial charge in [-0.3, -0.25) is 4.79 Å². The second-order valence-electron chi connectivity index (χ2n) is 3.96. The van der Waals surface area contributed by atoms with Crippen LogP contribution in [0.3, 0.4) is 0 Å². The highest BCUT2D eigenvalue weighted by molar-refractivity contribution is 5.89. The van der Waals surface area contributed by atoms with Gasteiger partial charge in [-0.15, -0.1) is 0 Å². The van der Waals surface area contributed by atoms with Gasteiger partial charge in [0.15, 0.2) is 0 Å². The lowest BCUT2D eigenvalue weighted by Crippen LogP contribution is -2.38. The van der Waals surface area contributed by atoms with Crippen molar-refractivity contribution in [2.45, 2.75) is 0 Å². The summed E-state index contributed by atoms with van der Waals surface area (Å²) in [6, 6.07) is 7.35. The minimum absolute atomic E-state index is 0.163. The van der Waals surface area contributed by atoms with Gasteiger partial charge < -0.3 is 9.84 Å². The molecule has 20 heavy (non-hydrogen) atoms. The van der Waals surface area contributed by atoms with Crippen LogP contribution in [-0.2, 0) is 14.3 Å². The first-order chi connectivity index (χ1) is 9.61. The number of nitrogens with zero attached hydrogens (tertiary/aromatic N) is 1. The van der Waals surface area contributed by atoms with E-state index < -0.39 is 12.1 Å². The van der Waals surface area contributed by atoms with E-state index in [0.29, 0.717) is 12.2 Å². The number of carboxylic acid groups (broad SMARTS) is 1. The lowest BCUT2D eigenvalue weighted by atomic mass is 10.1. The number of hydrogen-bond donors (Lipinski definition) is 1. The fourth-order valence-electron chi connectivity index (χ4n) is 1.65. The summed E-state index contributed by atoms with van der Waals surface area (Å²) in [5, 5.41) is 10.2. The van der Waals surface area contributed by atoms with E-state index in [0.717, 1.165) is 21.4 Å². The van der Waals surface area contributed by atoms with Gasteiger partial charge >= 0.3 is 12.1 Å². The number of carbonyl (C=O) groups is 3. The highest BCUT2D eigenvalue weighted by Gasteiger charge is 2.17. The third kappa shape index (κ3) is 2.92. The molecule has 0 fully saturated rings. The van der Waals surface area contributed by atoms with E-state index in [-0.39, 0.29) is 6.54 Å². The maximum atomic E-state index is 11.7. The van der Waals surface area contributed by atoms with E-state index in [1.807, 2.05) is 18.2 Å². The summed E-state index contributed by atoms with van der Waals surface area (Å²) in [7, 11) is 0. The van der Waals surface area contributed by atoms with Gasteiger partial charge in [-0.1, -0.05) is 30.3 Å². The number of amides is 2. The Morgan fingerprint density at radius 2 is 2.05 bits per heavy atom. The van der Waals surface area contributed by atoms with E-state index in [2.05, 4.69) is 0 Å². The maximum Gasteiger partial charge on any atom is 0.422 e. The third-order valence-electron chi connectivity index (χ3n) is 2.63. The first-order valence-corrected chi connectivity index (χ1v) is 5.76. The van der Waals surface area contributed by atoms with Gasteiger partial charge in [-0.05, 0) is 11.3 Å². The number of carboxylic acids is 1. The number of hydrogen-bond acceptors (Lipinski definition) is 4. The van der Waals surface area contributed by atoms with Crippen molar-refractivity contribution in [2.24, 2.45) is 0 Å². The van der Waals surface area contributed by atoms with Crippen molar-refractivity contribution in [3.05, 3.63) is 46.9 Å². The Bertz CT molecular complexity index is 705. The van der Waals surface area contributed by atoms with Gasteiger partial charge in [0, 0.05) is 11.3 Å². The van der Waals surface area contributed by atoms with Crippen molar-refractivity contribution in [1.82, 2.24) is 4.90 Å². The van der Waals surface area contributed by atoms with E-state index in [9.17, 15) is 14.4 Å². The molecule has 0 atom stereocenters. The Morgan fingerprint density at radius 3 is 2.70 bits per heavy atom. The molecule has 0 bridgehead atoms. The van der Waals surface area contributed by atoms with Crippen LogP contribution in [-0.4, -0.2) is 35.0 Å².